The van der Waals surface area contributed by atoms with Crippen LogP contribution in [0.3, 0.4) is 0 Å². The third-order valence-electron chi connectivity index (χ3n) is 8.99. The van der Waals surface area contributed by atoms with Crippen LogP contribution in [0.2, 0.25) is 0 Å². The van der Waals surface area contributed by atoms with E-state index in [1.54, 1.807) is 13.8 Å². The van der Waals surface area contributed by atoms with Crippen molar-refractivity contribution < 1.29 is 68.1 Å². The maximum atomic E-state index is 13.7. The maximum Gasteiger partial charge on any atom is 0.327 e. The second-order valence-electron chi connectivity index (χ2n) is 15.1. The molecule has 10 amide bonds. The molecule has 27 nitrogen and oxygen atoms in total. The number of nitrogens with two attached hydrogens (primary N) is 3. The molecule has 0 radical (unpaired) electrons. The number of carbonyl (C=O) groups excluding carboxylic acids is 10. The number of carboxylic acids is 1. The highest BCUT2D eigenvalue weighted by molar-refractivity contribution is 7.80. The van der Waals surface area contributed by atoms with Crippen LogP contribution in [-0.4, -0.2) is 169 Å². The summed E-state index contributed by atoms with van der Waals surface area (Å²) in [6.07, 6.45) is -1.08. The number of nitrogens with zero attached hydrogens (tertiary/aromatic N) is 1. The summed E-state index contributed by atoms with van der Waals surface area (Å²) < 4.78 is 0. The summed E-state index contributed by atoms with van der Waals surface area (Å²) >= 11 is 7.80. The first-order valence-corrected chi connectivity index (χ1v) is 21.1. The van der Waals surface area contributed by atoms with Crippen molar-refractivity contribution in [1.29, 1.82) is 0 Å². The van der Waals surface area contributed by atoms with Crippen LogP contribution in [0.5, 0.6) is 0 Å². The van der Waals surface area contributed by atoms with Gasteiger partial charge in [0.15, 0.2) is 0 Å². The largest absolute Gasteiger partial charge is 0.480 e. The average Bonchev–Trinajstić information content (AvgIpc) is 3.74. The van der Waals surface area contributed by atoms with E-state index in [1.807, 2.05) is 0 Å². The molecule has 18 N–H and O–H groups in total. The van der Waals surface area contributed by atoms with Crippen LogP contribution in [0.25, 0.3) is 0 Å². The van der Waals surface area contributed by atoms with Crippen molar-refractivity contribution in [1.82, 2.24) is 52.5 Å². The number of hydrogen-bond donors (Lipinski definition) is 17. The third kappa shape index (κ3) is 20.1. The number of nitrogens with one attached hydrogen (secondary N) is 9. The average molecular weight is 962 g/mol. The third-order valence-corrected chi connectivity index (χ3v) is 9.75. The Morgan fingerprint density at radius 2 is 1.09 bits per heavy atom. The van der Waals surface area contributed by atoms with Gasteiger partial charge in [0.1, 0.15) is 48.3 Å². The molecule has 0 aliphatic heterocycles. The normalized spacial score (nSPS) is 15.7. The number of imidazole rings is 1. The van der Waals surface area contributed by atoms with Gasteiger partial charge in [0, 0.05) is 29.8 Å². The molecule has 0 aromatic carbocycles. The van der Waals surface area contributed by atoms with Gasteiger partial charge >= 0.3 is 5.97 Å². The Kier molecular flexibility index (Phi) is 24.5. The molecule has 29 heteroatoms. The molecule has 0 aliphatic carbocycles. The molecule has 1 rings (SSSR count). The molecule has 0 aliphatic rings. The lowest BCUT2D eigenvalue weighted by Gasteiger charge is -2.28. The van der Waals surface area contributed by atoms with Gasteiger partial charge in [-0.15, -0.1) is 0 Å². The summed E-state index contributed by atoms with van der Waals surface area (Å²) in [5, 5.41) is 48.0. The van der Waals surface area contributed by atoms with E-state index in [0.717, 1.165) is 6.92 Å². The van der Waals surface area contributed by atoms with Gasteiger partial charge in [0.25, 0.3) is 0 Å². The van der Waals surface area contributed by atoms with Gasteiger partial charge in [-0.05, 0) is 26.2 Å². The van der Waals surface area contributed by atoms with Gasteiger partial charge in [-0.1, -0.05) is 13.8 Å². The van der Waals surface area contributed by atoms with E-state index < -0.39 is 145 Å². The summed E-state index contributed by atoms with van der Waals surface area (Å²) in [5.74, 6) is -12.6. The SMILES string of the molecule is CC(C)C[C@H](NC(=O)[C@H](C)NC(=O)[C@@H](NC(=O)[C@H](Cc1cnc[nH]1)NC(=O)[C@H](CO)NC(=O)[C@H](CC(N)=O)NC(=O)[C@H](CC(N)=O)NC(=O)[C@@H](N)CS)[C@@H](C)O)C(=O)N[C@@H](CS)C(=O)O. The first kappa shape index (κ1) is 57.0. The Balaban J connectivity index is 3.27. The zero-order valence-corrected chi connectivity index (χ0v) is 37.7. The fraction of sp³-hybridized carbons (Fsp3) is 0.611. The first-order chi connectivity index (χ1) is 30.3. The zero-order valence-electron chi connectivity index (χ0n) is 35.9. The highest BCUT2D eigenvalue weighted by atomic mass is 32.1. The predicted molar refractivity (Wildman–Crippen MR) is 233 cm³/mol. The lowest BCUT2D eigenvalue weighted by molar-refractivity contribution is -0.141. The predicted octanol–water partition coefficient (Wildman–Crippen LogP) is -7.71. The molecular formula is C36H59N13O14S2. The number of aromatic amines is 1. The van der Waals surface area contributed by atoms with E-state index in [0.29, 0.717) is 0 Å². The van der Waals surface area contributed by atoms with Crippen LogP contribution < -0.4 is 59.7 Å². The molecule has 0 fully saturated rings. The second kappa shape index (κ2) is 28.0. The highest BCUT2D eigenvalue weighted by Gasteiger charge is 2.36. The van der Waals surface area contributed by atoms with Crippen molar-refractivity contribution in [2.45, 2.75) is 114 Å². The highest BCUT2D eigenvalue weighted by Crippen LogP contribution is 2.08. The molecule has 1 heterocycles. The Bertz CT molecular complexity index is 1860. The molecule has 364 valence electrons. The minimum atomic E-state index is -1.90. The van der Waals surface area contributed by atoms with Crippen molar-refractivity contribution >= 4 is 90.3 Å². The zero-order chi connectivity index (χ0) is 49.7. The summed E-state index contributed by atoms with van der Waals surface area (Å²) in [4.78, 5) is 147. The van der Waals surface area contributed by atoms with E-state index in [1.165, 1.54) is 19.4 Å². The molecule has 0 bridgehead atoms. The fourth-order valence-electron chi connectivity index (χ4n) is 5.50. The van der Waals surface area contributed by atoms with Gasteiger partial charge in [-0.2, -0.15) is 25.3 Å². The lowest BCUT2D eigenvalue weighted by Crippen LogP contribution is -2.62. The minimum Gasteiger partial charge on any atom is -0.480 e. The summed E-state index contributed by atoms with van der Waals surface area (Å²) in [6, 6.07) is -14.1. The monoisotopic (exact) mass is 961 g/mol. The fourth-order valence-corrected chi connectivity index (χ4v) is 5.92. The molecule has 0 saturated carbocycles. The van der Waals surface area contributed by atoms with Crippen molar-refractivity contribution in [3.63, 3.8) is 0 Å². The quantitative estimate of drug-likeness (QED) is 0.0332. The minimum absolute atomic E-state index is 0.0746. The molecular weight excluding hydrogens is 903 g/mol. The number of thiol groups is 2. The van der Waals surface area contributed by atoms with Crippen LogP contribution in [-0.2, 0) is 59.2 Å². The number of hydrogen-bond acceptors (Lipinski definition) is 17. The first-order valence-electron chi connectivity index (χ1n) is 19.8. The maximum absolute atomic E-state index is 13.7. The number of aliphatic hydroxyl groups excluding tert-OH is 2. The van der Waals surface area contributed by atoms with Gasteiger partial charge in [-0.25, -0.2) is 9.78 Å². The molecule has 0 spiro atoms. The Morgan fingerprint density at radius 1 is 0.631 bits per heavy atom. The standard InChI is InChI=1S/C36H59N13O14S2/c1-14(2)5-19(30(56)48-24(12-65)36(62)63)43-28(54)15(3)42-35(61)27(16(4)51)49-33(59)20(6-17-9-40-13-41-17)45-34(60)23(10-50)47-32(58)22(8-26(39)53)46-31(57)21(7-25(38)52)44-29(55)18(37)11-64/h9,13-16,18-24,27,50-51,64-65H,5-8,10-12,37H2,1-4H3,(H2,38,52)(H2,39,53)(H,40,41)(H,42,61)(H,43,54)(H,44,55)(H,45,60)(H,46,57)(H,47,58)(H,48,56)(H,49,59)(H,62,63)/t15-,16+,18-,19-,20-,21-,22-,23-,24-,27-/m0/s1. The Morgan fingerprint density at radius 3 is 1.54 bits per heavy atom. The van der Waals surface area contributed by atoms with Crippen LogP contribution in [0.15, 0.2) is 12.5 Å². The van der Waals surface area contributed by atoms with Gasteiger partial charge in [0.2, 0.25) is 59.1 Å². The van der Waals surface area contributed by atoms with Crippen LogP contribution >= 0.6 is 25.3 Å². The van der Waals surface area contributed by atoms with Crippen LogP contribution in [0, 0.1) is 5.92 Å². The number of aliphatic hydroxyl groups is 2. The van der Waals surface area contributed by atoms with E-state index in [2.05, 4.69) is 77.8 Å². The number of aliphatic carboxylic acids is 1. The van der Waals surface area contributed by atoms with Crippen molar-refractivity contribution in [2.75, 3.05) is 18.1 Å². The number of H-pyrrole nitrogens is 1. The van der Waals surface area contributed by atoms with E-state index in [9.17, 15) is 68.1 Å². The molecule has 1 aromatic heterocycles. The smallest absolute Gasteiger partial charge is 0.327 e. The van der Waals surface area contributed by atoms with Gasteiger partial charge < -0.3 is 80.0 Å². The number of aromatic nitrogens is 2. The van der Waals surface area contributed by atoms with Crippen LogP contribution in [0.4, 0.5) is 0 Å². The second-order valence-corrected chi connectivity index (χ2v) is 15.8. The molecule has 65 heavy (non-hydrogen) atoms. The topological polar surface area (TPSA) is 451 Å². The molecule has 0 unspecified atom stereocenters. The van der Waals surface area contributed by atoms with Gasteiger partial charge in [0.05, 0.1) is 37.9 Å². The molecule has 10 atom stereocenters. The molecule has 0 saturated heterocycles. The number of amides is 10. The number of rotatable bonds is 29. The number of primary amides is 2. The van der Waals surface area contributed by atoms with Crippen molar-refractivity contribution in [2.24, 2.45) is 23.1 Å². The number of carbonyl (C=O) groups is 11. The summed E-state index contributed by atoms with van der Waals surface area (Å²) in [5.41, 5.74) is 16.3. The van der Waals surface area contributed by atoms with Crippen molar-refractivity contribution in [3.05, 3.63) is 18.2 Å². The van der Waals surface area contributed by atoms with Crippen molar-refractivity contribution in [3.8, 4) is 0 Å². The van der Waals surface area contributed by atoms with Crippen LogP contribution in [0.1, 0.15) is 52.7 Å². The lowest BCUT2D eigenvalue weighted by atomic mass is 10.0. The van der Waals surface area contributed by atoms with E-state index in [-0.39, 0.29) is 36.0 Å². The van der Waals surface area contributed by atoms with E-state index >= 15 is 0 Å². The van der Waals surface area contributed by atoms with E-state index in [4.69, 9.17) is 17.2 Å². The Hall–Kier alpha value is -6.04. The van der Waals surface area contributed by atoms with Gasteiger partial charge in [-0.3, -0.25) is 47.9 Å². The number of carboxylic acid groups (broad SMARTS) is 1. The summed E-state index contributed by atoms with van der Waals surface area (Å²) in [7, 11) is 0. The summed E-state index contributed by atoms with van der Waals surface area (Å²) in [6.45, 7) is 4.71. The Labute approximate surface area is 383 Å². The molecule has 1 aromatic rings.